The van der Waals surface area contributed by atoms with Crippen LogP contribution in [0.5, 0.6) is 11.5 Å². The summed E-state index contributed by atoms with van der Waals surface area (Å²) in [4.78, 5) is 23.2. The van der Waals surface area contributed by atoms with E-state index in [0.717, 1.165) is 5.56 Å². The van der Waals surface area contributed by atoms with Gasteiger partial charge >= 0.3 is 11.9 Å². The van der Waals surface area contributed by atoms with Gasteiger partial charge < -0.3 is 18.9 Å². The number of epoxide rings is 1. The van der Waals surface area contributed by atoms with Gasteiger partial charge in [-0.15, -0.1) is 0 Å². The van der Waals surface area contributed by atoms with Crippen LogP contribution in [0.4, 0.5) is 0 Å². The molecule has 0 spiro atoms. The van der Waals surface area contributed by atoms with Gasteiger partial charge in [0.15, 0.2) is 11.5 Å². The average molecular weight is 336 g/mol. The van der Waals surface area contributed by atoms with Crippen LogP contribution < -0.4 is 9.47 Å². The molecule has 0 saturated carbocycles. The second kappa shape index (κ2) is 7.66. The normalized spacial score (nSPS) is 19.3. The molecule has 0 aromatic heterocycles. The van der Waals surface area contributed by atoms with Crippen LogP contribution in [0.2, 0.25) is 0 Å². The summed E-state index contributed by atoms with van der Waals surface area (Å²) < 4.78 is 21.3. The van der Waals surface area contributed by atoms with Crippen molar-refractivity contribution < 1.29 is 28.5 Å². The van der Waals surface area contributed by atoms with Crippen molar-refractivity contribution in [3.63, 3.8) is 0 Å². The molecule has 0 amide bonds. The molecule has 1 heterocycles. The maximum absolute atomic E-state index is 11.7. The van der Waals surface area contributed by atoms with E-state index in [-0.39, 0.29) is 42.6 Å². The second-order valence-corrected chi connectivity index (χ2v) is 6.37. The van der Waals surface area contributed by atoms with Gasteiger partial charge in [0.25, 0.3) is 0 Å². The predicted octanol–water partition coefficient (Wildman–Crippen LogP) is 2.90. The molecule has 0 unspecified atom stereocenters. The largest absolute Gasteiger partial charge is 0.493 e. The molecule has 132 valence electrons. The lowest BCUT2D eigenvalue weighted by Gasteiger charge is -2.11. The number of hydrogen-bond acceptors (Lipinski definition) is 6. The molecular weight excluding hydrogens is 312 g/mol. The third-order valence-electron chi connectivity index (χ3n) is 3.64. The van der Waals surface area contributed by atoms with Gasteiger partial charge in [-0.05, 0) is 17.7 Å². The number of esters is 2. The first kappa shape index (κ1) is 18.3. The van der Waals surface area contributed by atoms with E-state index in [1.165, 1.54) is 7.11 Å². The van der Waals surface area contributed by atoms with Gasteiger partial charge in [-0.1, -0.05) is 33.8 Å². The van der Waals surface area contributed by atoms with Crippen LogP contribution in [0.1, 0.15) is 39.4 Å². The number of methoxy groups -OCH3 is 1. The van der Waals surface area contributed by atoms with Crippen LogP contribution >= 0.6 is 0 Å². The van der Waals surface area contributed by atoms with E-state index in [9.17, 15) is 9.59 Å². The molecule has 6 nitrogen and oxygen atoms in total. The van der Waals surface area contributed by atoms with Crippen molar-refractivity contribution in [2.75, 3.05) is 13.7 Å². The lowest BCUT2D eigenvalue weighted by molar-refractivity contribution is -0.147. The molecule has 1 aromatic carbocycles. The van der Waals surface area contributed by atoms with Crippen molar-refractivity contribution in [2.45, 2.75) is 39.9 Å². The van der Waals surface area contributed by atoms with Crippen molar-refractivity contribution in [1.82, 2.24) is 0 Å². The molecule has 1 aliphatic heterocycles. The SMILES string of the molecule is COc1cc([C@@H]2O[C@H]2COC(=O)C(C)C)ccc1OC(=O)C(C)C. The van der Waals surface area contributed by atoms with Gasteiger partial charge in [0.2, 0.25) is 0 Å². The standard InChI is InChI=1S/C18H24O6/c1-10(2)17(19)22-9-15-16(23-15)12-6-7-13(14(8-12)21-5)24-18(20)11(3)4/h6-8,10-11,15-16H,9H2,1-5H3/t15-,16-/m0/s1. The van der Waals surface area contributed by atoms with E-state index in [1.807, 2.05) is 6.07 Å². The van der Waals surface area contributed by atoms with E-state index in [4.69, 9.17) is 18.9 Å². The number of hydrogen-bond donors (Lipinski definition) is 0. The molecular formula is C18H24O6. The van der Waals surface area contributed by atoms with Gasteiger partial charge in [0, 0.05) is 0 Å². The van der Waals surface area contributed by atoms with Crippen molar-refractivity contribution in [1.29, 1.82) is 0 Å². The highest BCUT2D eigenvalue weighted by Gasteiger charge is 2.41. The van der Waals surface area contributed by atoms with Crippen LogP contribution in [-0.2, 0) is 19.1 Å². The Balaban J connectivity index is 1.98. The summed E-state index contributed by atoms with van der Waals surface area (Å²) in [6.45, 7) is 7.34. The summed E-state index contributed by atoms with van der Waals surface area (Å²) in [5.74, 6) is -0.0864. The maximum atomic E-state index is 11.7. The molecule has 24 heavy (non-hydrogen) atoms. The molecule has 2 rings (SSSR count). The zero-order valence-electron chi connectivity index (χ0n) is 14.7. The van der Waals surface area contributed by atoms with Gasteiger partial charge in [-0.3, -0.25) is 9.59 Å². The Kier molecular flexibility index (Phi) is 5.83. The molecule has 1 aromatic rings. The first-order valence-electron chi connectivity index (χ1n) is 8.05. The van der Waals surface area contributed by atoms with E-state index in [0.29, 0.717) is 11.5 Å². The van der Waals surface area contributed by atoms with Gasteiger partial charge in [0.1, 0.15) is 18.8 Å². The fraction of sp³-hybridized carbons (Fsp3) is 0.556. The Bertz CT molecular complexity index is 608. The molecule has 2 atom stereocenters. The minimum atomic E-state index is -0.317. The molecule has 0 N–H and O–H groups in total. The highest BCUT2D eigenvalue weighted by Crippen LogP contribution is 2.42. The van der Waals surface area contributed by atoms with Crippen LogP contribution in [0.25, 0.3) is 0 Å². The van der Waals surface area contributed by atoms with Gasteiger partial charge in [0.05, 0.1) is 18.9 Å². The topological polar surface area (TPSA) is 74.4 Å². The van der Waals surface area contributed by atoms with Crippen LogP contribution in [0.15, 0.2) is 18.2 Å². The van der Waals surface area contributed by atoms with Gasteiger partial charge in [-0.2, -0.15) is 0 Å². The van der Waals surface area contributed by atoms with Crippen molar-refractivity contribution in [3.05, 3.63) is 23.8 Å². The predicted molar refractivity (Wildman–Crippen MR) is 86.9 cm³/mol. The number of ether oxygens (including phenoxy) is 4. The third-order valence-corrected chi connectivity index (χ3v) is 3.64. The molecule has 0 radical (unpaired) electrons. The molecule has 6 heteroatoms. The van der Waals surface area contributed by atoms with Crippen molar-refractivity contribution in [3.8, 4) is 11.5 Å². The van der Waals surface area contributed by atoms with E-state index >= 15 is 0 Å². The molecule has 0 aliphatic carbocycles. The molecule has 1 saturated heterocycles. The smallest absolute Gasteiger partial charge is 0.313 e. The van der Waals surface area contributed by atoms with E-state index in [2.05, 4.69) is 0 Å². The van der Waals surface area contributed by atoms with Crippen LogP contribution in [0, 0.1) is 11.8 Å². The fourth-order valence-electron chi connectivity index (χ4n) is 2.07. The fourth-order valence-corrected chi connectivity index (χ4v) is 2.07. The number of carbonyl (C=O) groups is 2. The minimum Gasteiger partial charge on any atom is -0.493 e. The summed E-state index contributed by atoms with van der Waals surface area (Å²) in [7, 11) is 1.52. The molecule has 0 bridgehead atoms. The lowest BCUT2D eigenvalue weighted by atomic mass is 10.1. The van der Waals surface area contributed by atoms with Crippen LogP contribution in [0.3, 0.4) is 0 Å². The summed E-state index contributed by atoms with van der Waals surface area (Å²) in [6.07, 6.45) is -0.296. The number of benzene rings is 1. The monoisotopic (exact) mass is 336 g/mol. The second-order valence-electron chi connectivity index (χ2n) is 6.37. The summed E-state index contributed by atoms with van der Waals surface area (Å²) >= 11 is 0. The zero-order chi connectivity index (χ0) is 17.9. The third kappa shape index (κ3) is 4.47. The molecule has 1 fully saturated rings. The summed E-state index contributed by atoms with van der Waals surface area (Å²) in [5, 5.41) is 0. The number of rotatable bonds is 7. The quantitative estimate of drug-likeness (QED) is 0.433. The lowest BCUT2D eigenvalue weighted by Crippen LogP contribution is -2.15. The first-order chi connectivity index (χ1) is 11.3. The Labute approximate surface area is 142 Å². The van der Waals surface area contributed by atoms with Gasteiger partial charge in [-0.25, -0.2) is 0 Å². The van der Waals surface area contributed by atoms with E-state index < -0.39 is 0 Å². The van der Waals surface area contributed by atoms with Crippen LogP contribution in [-0.4, -0.2) is 31.8 Å². The highest BCUT2D eigenvalue weighted by atomic mass is 16.6. The summed E-state index contributed by atoms with van der Waals surface area (Å²) in [6, 6.07) is 5.28. The average Bonchev–Trinajstić information content (AvgIpc) is 3.32. The van der Waals surface area contributed by atoms with Crippen molar-refractivity contribution >= 4 is 11.9 Å². The van der Waals surface area contributed by atoms with E-state index in [1.54, 1.807) is 39.8 Å². The maximum Gasteiger partial charge on any atom is 0.313 e. The first-order valence-corrected chi connectivity index (χ1v) is 8.05. The number of carbonyl (C=O) groups excluding carboxylic acids is 2. The van der Waals surface area contributed by atoms with Crippen molar-refractivity contribution in [2.24, 2.45) is 11.8 Å². The Morgan fingerprint density at radius 3 is 2.33 bits per heavy atom. The highest BCUT2D eigenvalue weighted by molar-refractivity contribution is 5.75. The Hall–Kier alpha value is -2.08. The summed E-state index contributed by atoms with van der Waals surface area (Å²) in [5.41, 5.74) is 0.891. The Morgan fingerprint density at radius 1 is 1.08 bits per heavy atom. The zero-order valence-corrected chi connectivity index (χ0v) is 14.7. The molecule has 1 aliphatic rings. The Morgan fingerprint density at radius 2 is 1.75 bits per heavy atom. The minimum absolute atomic E-state index is 0.145.